The second kappa shape index (κ2) is 6.23. The molecule has 0 spiro atoms. The number of aliphatic carboxylic acids is 1. The molecule has 19 heavy (non-hydrogen) atoms. The average molecular weight is 269 g/mol. The Hall–Kier alpha value is -0.610. The summed E-state index contributed by atoms with van der Waals surface area (Å²) in [7, 11) is 2.06. The number of likely N-dealkylation sites (N-methyl/N-ethyl adjacent to an activating group) is 1. The molecule has 1 aliphatic carbocycles. The van der Waals surface area contributed by atoms with E-state index < -0.39 is 11.4 Å². The highest BCUT2D eigenvalue weighted by Gasteiger charge is 2.41. The molecule has 2 unspecified atom stereocenters. The van der Waals surface area contributed by atoms with Gasteiger partial charge in [-0.15, -0.1) is 0 Å². The molecule has 1 saturated carbocycles. The van der Waals surface area contributed by atoms with Gasteiger partial charge in [0.15, 0.2) is 0 Å². The van der Waals surface area contributed by atoms with Crippen LogP contribution in [-0.4, -0.2) is 48.3 Å². The maximum absolute atomic E-state index is 11.8. The molecule has 1 aliphatic heterocycles. The highest BCUT2D eigenvalue weighted by Crippen LogP contribution is 2.37. The summed E-state index contributed by atoms with van der Waals surface area (Å²) in [6, 6.07) is 0.375. The van der Waals surface area contributed by atoms with Crippen molar-refractivity contribution in [2.45, 2.75) is 64.0 Å². The second-order valence-corrected chi connectivity index (χ2v) is 6.35. The lowest BCUT2D eigenvalue weighted by Gasteiger charge is -2.36. The summed E-state index contributed by atoms with van der Waals surface area (Å²) >= 11 is 0. The third kappa shape index (κ3) is 3.29. The van der Waals surface area contributed by atoms with E-state index in [-0.39, 0.29) is 6.10 Å². The molecular weight excluding hydrogens is 242 g/mol. The van der Waals surface area contributed by atoms with Crippen molar-refractivity contribution >= 4 is 5.97 Å². The molecule has 0 aromatic rings. The summed E-state index contributed by atoms with van der Waals surface area (Å²) in [5, 5.41) is 9.71. The van der Waals surface area contributed by atoms with Crippen LogP contribution in [0, 0.1) is 5.41 Å². The molecule has 1 saturated heterocycles. The van der Waals surface area contributed by atoms with Gasteiger partial charge in [-0.05, 0) is 33.2 Å². The Labute approximate surface area is 116 Å². The fraction of sp³-hybridized carbons (Fsp3) is 0.933. The summed E-state index contributed by atoms with van der Waals surface area (Å²) < 4.78 is 5.60. The van der Waals surface area contributed by atoms with Crippen molar-refractivity contribution in [2.24, 2.45) is 5.41 Å². The third-order valence-electron chi connectivity index (χ3n) is 4.97. The molecule has 0 radical (unpaired) electrons. The third-order valence-corrected chi connectivity index (χ3v) is 4.97. The van der Waals surface area contributed by atoms with Crippen molar-refractivity contribution in [1.29, 1.82) is 0 Å². The number of rotatable bonds is 4. The van der Waals surface area contributed by atoms with Crippen LogP contribution in [0.1, 0.15) is 51.9 Å². The highest BCUT2D eigenvalue weighted by molar-refractivity contribution is 5.75. The van der Waals surface area contributed by atoms with Gasteiger partial charge >= 0.3 is 5.97 Å². The average Bonchev–Trinajstić information content (AvgIpc) is 2.64. The summed E-state index contributed by atoms with van der Waals surface area (Å²) in [6.45, 7) is 3.56. The van der Waals surface area contributed by atoms with E-state index in [0.29, 0.717) is 12.6 Å². The lowest BCUT2D eigenvalue weighted by Crippen LogP contribution is -2.47. The van der Waals surface area contributed by atoms with Crippen LogP contribution in [0.25, 0.3) is 0 Å². The Morgan fingerprint density at radius 3 is 2.42 bits per heavy atom. The van der Waals surface area contributed by atoms with Gasteiger partial charge in [-0.2, -0.15) is 0 Å². The van der Waals surface area contributed by atoms with E-state index in [2.05, 4.69) is 18.9 Å². The number of ether oxygens (including phenoxy) is 1. The monoisotopic (exact) mass is 269 g/mol. The first-order valence-electron chi connectivity index (χ1n) is 7.60. The van der Waals surface area contributed by atoms with Gasteiger partial charge in [0.2, 0.25) is 0 Å². The van der Waals surface area contributed by atoms with E-state index in [9.17, 15) is 9.90 Å². The molecule has 0 aromatic heterocycles. The van der Waals surface area contributed by atoms with Crippen LogP contribution in [0.4, 0.5) is 0 Å². The molecule has 4 heteroatoms. The van der Waals surface area contributed by atoms with E-state index in [0.717, 1.165) is 38.7 Å². The van der Waals surface area contributed by atoms with Crippen molar-refractivity contribution in [3.8, 4) is 0 Å². The standard InChI is InChI=1S/C15H27NO3/c1-12-13(7-10-19-12)16(2)11-15(14(17)18)8-5-3-4-6-9-15/h12-13H,3-11H2,1-2H3,(H,17,18). The van der Waals surface area contributed by atoms with Gasteiger partial charge in [0.1, 0.15) is 0 Å². The summed E-state index contributed by atoms with van der Waals surface area (Å²) in [5.41, 5.74) is -0.534. The molecule has 0 amide bonds. The number of carbonyl (C=O) groups is 1. The molecule has 2 fully saturated rings. The van der Waals surface area contributed by atoms with Crippen LogP contribution < -0.4 is 0 Å². The topological polar surface area (TPSA) is 49.8 Å². The SMILES string of the molecule is CC1OCCC1N(C)CC1(C(=O)O)CCCCCC1. The van der Waals surface area contributed by atoms with Gasteiger partial charge in [-0.3, -0.25) is 9.69 Å². The number of carboxylic acids is 1. The zero-order valence-corrected chi connectivity index (χ0v) is 12.2. The quantitative estimate of drug-likeness (QED) is 0.797. The molecule has 0 bridgehead atoms. The lowest BCUT2D eigenvalue weighted by atomic mass is 9.79. The Kier molecular flexibility index (Phi) is 4.85. The Morgan fingerprint density at radius 2 is 1.95 bits per heavy atom. The molecule has 110 valence electrons. The van der Waals surface area contributed by atoms with Gasteiger partial charge < -0.3 is 9.84 Å². The molecule has 1 N–H and O–H groups in total. The second-order valence-electron chi connectivity index (χ2n) is 6.35. The van der Waals surface area contributed by atoms with Crippen molar-refractivity contribution in [2.75, 3.05) is 20.2 Å². The largest absolute Gasteiger partial charge is 0.481 e. The molecule has 2 atom stereocenters. The Morgan fingerprint density at radius 1 is 1.32 bits per heavy atom. The van der Waals surface area contributed by atoms with Crippen LogP contribution in [-0.2, 0) is 9.53 Å². The summed E-state index contributed by atoms with van der Waals surface area (Å²) in [4.78, 5) is 14.0. The van der Waals surface area contributed by atoms with Gasteiger partial charge in [0.05, 0.1) is 11.5 Å². The van der Waals surface area contributed by atoms with Crippen molar-refractivity contribution < 1.29 is 14.6 Å². The predicted octanol–water partition coefficient (Wildman–Crippen LogP) is 2.52. The minimum atomic E-state index is -0.604. The van der Waals surface area contributed by atoms with Crippen LogP contribution in [0.2, 0.25) is 0 Å². The zero-order valence-electron chi connectivity index (χ0n) is 12.2. The van der Waals surface area contributed by atoms with Crippen molar-refractivity contribution in [3.63, 3.8) is 0 Å². The lowest BCUT2D eigenvalue weighted by molar-refractivity contribution is -0.151. The minimum absolute atomic E-state index is 0.224. The van der Waals surface area contributed by atoms with E-state index in [1.165, 1.54) is 12.8 Å². The molecular formula is C15H27NO3. The highest BCUT2D eigenvalue weighted by atomic mass is 16.5. The normalized spacial score (nSPS) is 31.3. The number of hydrogen-bond acceptors (Lipinski definition) is 3. The van der Waals surface area contributed by atoms with Gasteiger partial charge in [0.25, 0.3) is 0 Å². The summed E-state index contributed by atoms with van der Waals surface area (Å²) in [5.74, 6) is -0.604. The maximum Gasteiger partial charge on any atom is 0.310 e. The van der Waals surface area contributed by atoms with Crippen LogP contribution >= 0.6 is 0 Å². The first-order valence-corrected chi connectivity index (χ1v) is 7.60. The minimum Gasteiger partial charge on any atom is -0.481 e. The van der Waals surface area contributed by atoms with E-state index >= 15 is 0 Å². The first kappa shape index (κ1) is 14.8. The fourth-order valence-corrected chi connectivity index (χ4v) is 3.74. The fourth-order valence-electron chi connectivity index (χ4n) is 3.74. The smallest absolute Gasteiger partial charge is 0.310 e. The maximum atomic E-state index is 11.8. The van der Waals surface area contributed by atoms with Crippen LogP contribution in [0.15, 0.2) is 0 Å². The summed E-state index contributed by atoms with van der Waals surface area (Å²) in [6.07, 6.45) is 7.37. The van der Waals surface area contributed by atoms with E-state index in [1.807, 2.05) is 0 Å². The molecule has 1 heterocycles. The van der Waals surface area contributed by atoms with Crippen molar-refractivity contribution in [1.82, 2.24) is 4.90 Å². The van der Waals surface area contributed by atoms with Crippen molar-refractivity contribution in [3.05, 3.63) is 0 Å². The molecule has 4 nitrogen and oxygen atoms in total. The molecule has 0 aromatic carbocycles. The van der Waals surface area contributed by atoms with Gasteiger partial charge in [0, 0.05) is 19.2 Å². The zero-order chi connectivity index (χ0) is 13.9. The predicted molar refractivity (Wildman–Crippen MR) is 74.2 cm³/mol. The van der Waals surface area contributed by atoms with E-state index in [1.54, 1.807) is 0 Å². The van der Waals surface area contributed by atoms with Crippen LogP contribution in [0.3, 0.4) is 0 Å². The Balaban J connectivity index is 2.05. The van der Waals surface area contributed by atoms with Gasteiger partial charge in [-0.1, -0.05) is 25.7 Å². The molecule has 2 rings (SSSR count). The number of hydrogen-bond donors (Lipinski definition) is 1. The first-order chi connectivity index (χ1) is 9.05. The number of nitrogens with zero attached hydrogens (tertiary/aromatic N) is 1. The van der Waals surface area contributed by atoms with Crippen LogP contribution in [0.5, 0.6) is 0 Å². The van der Waals surface area contributed by atoms with E-state index in [4.69, 9.17) is 4.74 Å². The Bertz CT molecular complexity index is 311. The van der Waals surface area contributed by atoms with Gasteiger partial charge in [-0.25, -0.2) is 0 Å². The molecule has 2 aliphatic rings. The number of carboxylic acid groups (broad SMARTS) is 1.